The van der Waals surface area contributed by atoms with E-state index < -0.39 is 0 Å². The Bertz CT molecular complexity index is 872. The van der Waals surface area contributed by atoms with E-state index in [0.717, 1.165) is 16.2 Å². The average Bonchev–Trinajstić information content (AvgIpc) is 2.90. The van der Waals surface area contributed by atoms with Crippen LogP contribution >= 0.6 is 0 Å². The van der Waals surface area contributed by atoms with Crippen molar-refractivity contribution in [2.45, 2.75) is 39.3 Å². The van der Waals surface area contributed by atoms with Gasteiger partial charge >= 0.3 is 0 Å². The van der Waals surface area contributed by atoms with Crippen molar-refractivity contribution in [2.75, 3.05) is 6.54 Å². The van der Waals surface area contributed by atoms with Gasteiger partial charge in [-0.15, -0.1) is 0 Å². The van der Waals surface area contributed by atoms with Gasteiger partial charge in [-0.3, -0.25) is 19.3 Å². The predicted octanol–water partition coefficient (Wildman–Crippen LogP) is 3.34. The quantitative estimate of drug-likeness (QED) is 0.748. The first kappa shape index (κ1) is 19.6. The molecule has 0 bridgehead atoms. The Balaban J connectivity index is 1.56. The second-order valence-electron chi connectivity index (χ2n) is 7.09. The van der Waals surface area contributed by atoms with Gasteiger partial charge in [0, 0.05) is 13.0 Å². The van der Waals surface area contributed by atoms with Gasteiger partial charge in [-0.2, -0.15) is 0 Å². The van der Waals surface area contributed by atoms with Gasteiger partial charge in [0.25, 0.3) is 11.8 Å². The summed E-state index contributed by atoms with van der Waals surface area (Å²) < 4.78 is 5.68. The monoisotopic (exact) mass is 380 g/mol. The highest BCUT2D eigenvalue weighted by Gasteiger charge is 2.35. The first-order valence-corrected chi connectivity index (χ1v) is 9.38. The van der Waals surface area contributed by atoms with Crippen molar-refractivity contribution in [3.8, 4) is 5.75 Å². The third kappa shape index (κ3) is 4.22. The highest BCUT2D eigenvalue weighted by molar-refractivity contribution is 6.21. The molecule has 3 amide bonds. The number of amides is 3. The van der Waals surface area contributed by atoms with Crippen LogP contribution in [0.25, 0.3) is 0 Å². The Hall–Kier alpha value is -3.15. The maximum absolute atomic E-state index is 12.3. The van der Waals surface area contributed by atoms with E-state index in [1.807, 2.05) is 45.0 Å². The van der Waals surface area contributed by atoms with E-state index in [0.29, 0.717) is 11.1 Å². The number of nitrogens with zero attached hydrogens (tertiary/aromatic N) is 1. The summed E-state index contributed by atoms with van der Waals surface area (Å²) in [4.78, 5) is 38.2. The summed E-state index contributed by atoms with van der Waals surface area (Å²) in [7, 11) is 0. The number of carbonyl (C=O) groups excluding carboxylic acids is 3. The molecular formula is C22H24N2O4. The number of carbonyl (C=O) groups is 3. The third-order valence-corrected chi connectivity index (χ3v) is 4.55. The zero-order valence-electron chi connectivity index (χ0n) is 16.3. The van der Waals surface area contributed by atoms with Crippen LogP contribution in [0.5, 0.6) is 5.75 Å². The Labute approximate surface area is 164 Å². The molecule has 2 aromatic rings. The summed E-state index contributed by atoms with van der Waals surface area (Å²) in [5.74, 6) is -0.168. The zero-order valence-corrected chi connectivity index (χ0v) is 16.3. The Morgan fingerprint density at radius 2 is 1.64 bits per heavy atom. The summed E-state index contributed by atoms with van der Waals surface area (Å²) in [6.07, 6.45) is 0.123. The van der Waals surface area contributed by atoms with Crippen molar-refractivity contribution in [1.82, 2.24) is 10.2 Å². The van der Waals surface area contributed by atoms with E-state index in [-0.39, 0.29) is 42.8 Å². The molecule has 0 spiro atoms. The Kier molecular flexibility index (Phi) is 5.78. The van der Waals surface area contributed by atoms with Gasteiger partial charge in [-0.1, -0.05) is 24.3 Å². The second-order valence-corrected chi connectivity index (χ2v) is 7.09. The van der Waals surface area contributed by atoms with Crippen molar-refractivity contribution in [1.29, 1.82) is 0 Å². The van der Waals surface area contributed by atoms with Crippen LogP contribution in [0.3, 0.4) is 0 Å². The molecule has 0 aromatic heterocycles. The standard InChI is InChI=1S/C22H24N2O4/c1-14(2)28-17-8-6-7-16(13-17)15(3)23-20(25)11-12-24-21(26)18-9-4-5-10-19(18)22(24)27/h4-10,13-15H,11-12H2,1-3H3,(H,23,25)/t15-/m1/s1. The lowest BCUT2D eigenvalue weighted by atomic mass is 10.1. The number of hydrogen-bond acceptors (Lipinski definition) is 4. The fourth-order valence-corrected chi connectivity index (χ4v) is 3.18. The maximum Gasteiger partial charge on any atom is 0.261 e. The minimum absolute atomic E-state index is 0.0536. The van der Waals surface area contributed by atoms with E-state index in [4.69, 9.17) is 4.74 Å². The number of ether oxygens (including phenoxy) is 1. The molecule has 0 aliphatic carbocycles. The van der Waals surface area contributed by atoms with Gasteiger partial charge in [-0.05, 0) is 50.6 Å². The van der Waals surface area contributed by atoms with Gasteiger partial charge in [0.1, 0.15) is 5.75 Å². The molecule has 3 rings (SSSR count). The van der Waals surface area contributed by atoms with Crippen LogP contribution in [0.4, 0.5) is 0 Å². The van der Waals surface area contributed by atoms with Crippen LogP contribution in [0, 0.1) is 0 Å². The Morgan fingerprint density at radius 3 is 2.25 bits per heavy atom. The summed E-state index contributed by atoms with van der Waals surface area (Å²) >= 11 is 0. The third-order valence-electron chi connectivity index (χ3n) is 4.55. The van der Waals surface area contributed by atoms with Crippen LogP contribution in [0.15, 0.2) is 48.5 Å². The first-order chi connectivity index (χ1) is 13.4. The second kappa shape index (κ2) is 8.25. The molecule has 0 saturated heterocycles. The van der Waals surface area contributed by atoms with Crippen LogP contribution in [0.1, 0.15) is 59.5 Å². The van der Waals surface area contributed by atoms with Gasteiger partial charge in [0.2, 0.25) is 5.91 Å². The Morgan fingerprint density at radius 1 is 1.00 bits per heavy atom. The number of benzene rings is 2. The van der Waals surface area contributed by atoms with Crippen molar-refractivity contribution >= 4 is 17.7 Å². The summed E-state index contributed by atoms with van der Waals surface area (Å²) in [5.41, 5.74) is 1.71. The molecule has 6 heteroatoms. The minimum Gasteiger partial charge on any atom is -0.491 e. The van der Waals surface area contributed by atoms with Gasteiger partial charge in [0.05, 0.1) is 23.3 Å². The minimum atomic E-state index is -0.347. The highest BCUT2D eigenvalue weighted by atomic mass is 16.5. The molecule has 0 radical (unpaired) electrons. The van der Waals surface area contributed by atoms with E-state index in [1.165, 1.54) is 0 Å². The number of nitrogens with one attached hydrogen (secondary N) is 1. The average molecular weight is 380 g/mol. The summed E-state index contributed by atoms with van der Waals surface area (Å²) in [6.45, 7) is 5.85. The lowest BCUT2D eigenvalue weighted by Gasteiger charge is -2.18. The normalized spacial score (nSPS) is 14.2. The van der Waals surface area contributed by atoms with Crippen molar-refractivity contribution in [3.63, 3.8) is 0 Å². The van der Waals surface area contributed by atoms with Crippen molar-refractivity contribution in [2.24, 2.45) is 0 Å². The molecular weight excluding hydrogens is 356 g/mol. The molecule has 0 unspecified atom stereocenters. The van der Waals surface area contributed by atoms with Crippen molar-refractivity contribution < 1.29 is 19.1 Å². The largest absolute Gasteiger partial charge is 0.491 e. The van der Waals surface area contributed by atoms with Gasteiger partial charge < -0.3 is 10.1 Å². The highest BCUT2D eigenvalue weighted by Crippen LogP contribution is 2.23. The maximum atomic E-state index is 12.3. The molecule has 1 heterocycles. The first-order valence-electron chi connectivity index (χ1n) is 9.38. The summed E-state index contributed by atoms with van der Waals surface area (Å²) in [5, 5.41) is 2.91. The predicted molar refractivity (Wildman–Crippen MR) is 105 cm³/mol. The van der Waals surface area contributed by atoms with E-state index >= 15 is 0 Å². The van der Waals surface area contributed by atoms with Crippen LogP contribution in [0.2, 0.25) is 0 Å². The number of hydrogen-bond donors (Lipinski definition) is 1. The molecule has 2 aromatic carbocycles. The molecule has 1 aliphatic rings. The number of rotatable bonds is 7. The fourth-order valence-electron chi connectivity index (χ4n) is 3.18. The lowest BCUT2D eigenvalue weighted by Crippen LogP contribution is -2.35. The van der Waals surface area contributed by atoms with E-state index in [2.05, 4.69) is 5.32 Å². The molecule has 1 N–H and O–H groups in total. The molecule has 0 saturated carbocycles. The van der Waals surface area contributed by atoms with Crippen molar-refractivity contribution in [3.05, 3.63) is 65.2 Å². The van der Waals surface area contributed by atoms with Gasteiger partial charge in [-0.25, -0.2) is 0 Å². The smallest absolute Gasteiger partial charge is 0.261 e. The van der Waals surface area contributed by atoms with E-state index in [1.54, 1.807) is 24.3 Å². The summed E-state index contributed by atoms with van der Waals surface area (Å²) in [6, 6.07) is 14.1. The van der Waals surface area contributed by atoms with E-state index in [9.17, 15) is 14.4 Å². The molecule has 0 fully saturated rings. The fraction of sp³-hybridized carbons (Fsp3) is 0.318. The molecule has 28 heavy (non-hydrogen) atoms. The van der Waals surface area contributed by atoms with Crippen LogP contribution in [-0.2, 0) is 4.79 Å². The van der Waals surface area contributed by atoms with Gasteiger partial charge in [0.15, 0.2) is 0 Å². The topological polar surface area (TPSA) is 75.7 Å². The van der Waals surface area contributed by atoms with Crippen LogP contribution < -0.4 is 10.1 Å². The number of imide groups is 1. The lowest BCUT2D eigenvalue weighted by molar-refractivity contribution is -0.121. The van der Waals surface area contributed by atoms with Crippen LogP contribution in [-0.4, -0.2) is 35.3 Å². The number of fused-ring (bicyclic) bond motifs is 1. The molecule has 6 nitrogen and oxygen atoms in total. The molecule has 1 atom stereocenters. The SMILES string of the molecule is CC(C)Oc1cccc([C@@H](C)NC(=O)CCN2C(=O)c3ccccc3C2=O)c1. The molecule has 146 valence electrons. The molecule has 1 aliphatic heterocycles. The zero-order chi connectivity index (χ0) is 20.3.